The first kappa shape index (κ1) is 14.1. The number of halogens is 1. The second-order valence-corrected chi connectivity index (χ2v) is 5.08. The highest BCUT2D eigenvalue weighted by Crippen LogP contribution is 2.10. The molecule has 0 aromatic carbocycles. The van der Waals surface area contributed by atoms with E-state index in [4.69, 9.17) is 18.0 Å². The van der Waals surface area contributed by atoms with Gasteiger partial charge in [-0.05, 0) is 28.4 Å². The van der Waals surface area contributed by atoms with Gasteiger partial charge < -0.3 is 11.1 Å². The molecule has 1 atom stereocenters. The number of carbonyl (C=O) groups is 1. The van der Waals surface area contributed by atoms with Crippen LogP contribution in [0.3, 0.4) is 0 Å². The van der Waals surface area contributed by atoms with Crippen LogP contribution in [-0.4, -0.2) is 21.9 Å². The van der Waals surface area contributed by atoms with Gasteiger partial charge in [-0.15, -0.1) is 0 Å². The zero-order valence-corrected chi connectivity index (χ0v) is 11.8. The molecule has 1 unspecified atom stereocenters. The predicted molar refractivity (Wildman–Crippen MR) is 74.9 cm³/mol. The fourth-order valence-corrected chi connectivity index (χ4v) is 1.91. The Balaban J connectivity index is 2.67. The number of hydrogen-bond donors (Lipinski definition) is 2. The molecule has 1 amide bonds. The molecule has 0 saturated carbocycles. The molecule has 0 fully saturated rings. The van der Waals surface area contributed by atoms with Crippen molar-refractivity contribution in [2.75, 3.05) is 0 Å². The molecule has 0 radical (unpaired) electrons. The molecule has 92 valence electrons. The SMILES string of the molecule is CCC(CC(N)=S)NC(=O)c1cncc(Br)c1. The van der Waals surface area contributed by atoms with Crippen molar-refractivity contribution in [3.63, 3.8) is 0 Å². The minimum Gasteiger partial charge on any atom is -0.393 e. The lowest BCUT2D eigenvalue weighted by atomic mass is 10.1. The molecule has 6 heteroatoms. The number of thiocarbonyl (C=S) groups is 1. The maximum Gasteiger partial charge on any atom is 0.253 e. The zero-order valence-electron chi connectivity index (χ0n) is 9.44. The zero-order chi connectivity index (χ0) is 12.8. The van der Waals surface area contributed by atoms with Crippen LogP contribution in [0.25, 0.3) is 0 Å². The summed E-state index contributed by atoms with van der Waals surface area (Å²) in [6.07, 6.45) is 4.44. The third-order valence-electron chi connectivity index (χ3n) is 2.24. The Morgan fingerprint density at radius 3 is 2.88 bits per heavy atom. The summed E-state index contributed by atoms with van der Waals surface area (Å²) in [5, 5.41) is 2.87. The van der Waals surface area contributed by atoms with E-state index in [1.807, 2.05) is 6.92 Å². The molecule has 0 spiro atoms. The quantitative estimate of drug-likeness (QED) is 0.816. The minimum atomic E-state index is -0.165. The molecule has 1 aromatic rings. The van der Waals surface area contributed by atoms with Gasteiger partial charge in [-0.1, -0.05) is 19.1 Å². The molecule has 0 aliphatic rings. The topological polar surface area (TPSA) is 68.0 Å². The highest BCUT2D eigenvalue weighted by atomic mass is 79.9. The molecular weight excluding hydrogens is 302 g/mol. The summed E-state index contributed by atoms with van der Waals surface area (Å²) in [7, 11) is 0. The van der Waals surface area contributed by atoms with Gasteiger partial charge in [0, 0.05) is 29.3 Å². The number of rotatable bonds is 5. The summed E-state index contributed by atoms with van der Waals surface area (Å²) in [4.78, 5) is 16.2. The van der Waals surface area contributed by atoms with Crippen molar-refractivity contribution in [1.82, 2.24) is 10.3 Å². The van der Waals surface area contributed by atoms with E-state index in [0.29, 0.717) is 17.0 Å². The normalized spacial score (nSPS) is 11.9. The van der Waals surface area contributed by atoms with E-state index in [2.05, 4.69) is 26.2 Å². The maximum absolute atomic E-state index is 11.9. The summed E-state index contributed by atoms with van der Waals surface area (Å²) >= 11 is 8.11. The summed E-state index contributed by atoms with van der Waals surface area (Å²) in [6, 6.07) is 1.69. The van der Waals surface area contributed by atoms with Gasteiger partial charge in [0.05, 0.1) is 10.6 Å². The van der Waals surface area contributed by atoms with Crippen molar-refractivity contribution in [2.24, 2.45) is 5.73 Å². The van der Waals surface area contributed by atoms with Crippen LogP contribution in [-0.2, 0) is 0 Å². The fourth-order valence-electron chi connectivity index (χ4n) is 1.35. The Hall–Kier alpha value is -1.01. The van der Waals surface area contributed by atoms with Crippen LogP contribution in [0.2, 0.25) is 0 Å². The second kappa shape index (κ2) is 6.66. The number of nitrogens with one attached hydrogen (secondary N) is 1. The molecule has 1 heterocycles. The van der Waals surface area contributed by atoms with Gasteiger partial charge in [-0.3, -0.25) is 9.78 Å². The van der Waals surface area contributed by atoms with Crippen molar-refractivity contribution < 1.29 is 4.79 Å². The fraction of sp³-hybridized carbons (Fsp3) is 0.364. The maximum atomic E-state index is 11.9. The minimum absolute atomic E-state index is 0.0287. The van der Waals surface area contributed by atoms with E-state index in [0.717, 1.165) is 10.9 Å². The van der Waals surface area contributed by atoms with Crippen LogP contribution in [0.4, 0.5) is 0 Å². The Labute approximate surface area is 114 Å². The third kappa shape index (κ3) is 4.79. The molecule has 0 aliphatic heterocycles. The number of nitrogens with zero attached hydrogens (tertiary/aromatic N) is 1. The first-order valence-electron chi connectivity index (χ1n) is 5.22. The Morgan fingerprint density at radius 1 is 1.65 bits per heavy atom. The molecule has 0 saturated heterocycles. The van der Waals surface area contributed by atoms with Gasteiger partial charge in [0.15, 0.2) is 0 Å². The van der Waals surface area contributed by atoms with Crippen molar-refractivity contribution in [3.8, 4) is 0 Å². The molecule has 17 heavy (non-hydrogen) atoms. The highest BCUT2D eigenvalue weighted by molar-refractivity contribution is 9.10. The number of pyridine rings is 1. The Morgan fingerprint density at radius 2 is 2.35 bits per heavy atom. The van der Waals surface area contributed by atoms with Gasteiger partial charge in [-0.25, -0.2) is 0 Å². The summed E-state index contributed by atoms with van der Waals surface area (Å²) in [5.41, 5.74) is 5.98. The van der Waals surface area contributed by atoms with Crippen LogP contribution in [0.1, 0.15) is 30.1 Å². The summed E-state index contributed by atoms with van der Waals surface area (Å²) in [6.45, 7) is 1.97. The van der Waals surface area contributed by atoms with E-state index in [1.165, 1.54) is 6.20 Å². The van der Waals surface area contributed by atoms with Crippen molar-refractivity contribution in [3.05, 3.63) is 28.5 Å². The highest BCUT2D eigenvalue weighted by Gasteiger charge is 2.13. The van der Waals surface area contributed by atoms with E-state index in [1.54, 1.807) is 12.3 Å². The smallest absolute Gasteiger partial charge is 0.253 e. The molecular formula is C11H14BrN3OS. The monoisotopic (exact) mass is 315 g/mol. The molecule has 4 nitrogen and oxygen atoms in total. The van der Waals surface area contributed by atoms with Gasteiger partial charge in [0.1, 0.15) is 0 Å². The lowest BCUT2D eigenvalue weighted by Gasteiger charge is -2.16. The number of carbonyl (C=O) groups excluding carboxylic acids is 1. The third-order valence-corrected chi connectivity index (χ3v) is 2.84. The van der Waals surface area contributed by atoms with Gasteiger partial charge in [-0.2, -0.15) is 0 Å². The van der Waals surface area contributed by atoms with E-state index < -0.39 is 0 Å². The van der Waals surface area contributed by atoms with Crippen molar-refractivity contribution >= 4 is 39.0 Å². The van der Waals surface area contributed by atoms with E-state index in [-0.39, 0.29) is 11.9 Å². The number of nitrogens with two attached hydrogens (primary N) is 1. The average Bonchev–Trinajstić information content (AvgIpc) is 2.27. The predicted octanol–water partition coefficient (Wildman–Crippen LogP) is 2.03. The van der Waals surface area contributed by atoms with Crippen molar-refractivity contribution in [1.29, 1.82) is 0 Å². The Kier molecular flexibility index (Phi) is 5.50. The molecule has 0 aliphatic carbocycles. The van der Waals surface area contributed by atoms with Crippen LogP contribution in [0.15, 0.2) is 22.9 Å². The first-order chi connectivity index (χ1) is 8.02. The first-order valence-corrected chi connectivity index (χ1v) is 6.42. The van der Waals surface area contributed by atoms with Crippen LogP contribution in [0, 0.1) is 0 Å². The number of aromatic nitrogens is 1. The molecule has 0 bridgehead atoms. The van der Waals surface area contributed by atoms with Crippen LogP contribution in [0.5, 0.6) is 0 Å². The summed E-state index contributed by atoms with van der Waals surface area (Å²) < 4.78 is 0.771. The molecule has 3 N–H and O–H groups in total. The lowest BCUT2D eigenvalue weighted by molar-refractivity contribution is 0.0937. The number of amides is 1. The lowest BCUT2D eigenvalue weighted by Crippen LogP contribution is -2.37. The molecule has 1 aromatic heterocycles. The van der Waals surface area contributed by atoms with E-state index >= 15 is 0 Å². The van der Waals surface area contributed by atoms with Crippen LogP contribution >= 0.6 is 28.1 Å². The molecule has 1 rings (SSSR count). The second-order valence-electron chi connectivity index (χ2n) is 3.64. The van der Waals surface area contributed by atoms with Crippen molar-refractivity contribution in [2.45, 2.75) is 25.8 Å². The summed E-state index contributed by atoms with van der Waals surface area (Å²) in [5.74, 6) is -0.165. The Bertz CT molecular complexity index is 425. The number of hydrogen-bond acceptors (Lipinski definition) is 3. The largest absolute Gasteiger partial charge is 0.393 e. The van der Waals surface area contributed by atoms with Gasteiger partial charge in [0.2, 0.25) is 0 Å². The van der Waals surface area contributed by atoms with E-state index in [9.17, 15) is 4.79 Å². The van der Waals surface area contributed by atoms with Gasteiger partial charge >= 0.3 is 0 Å². The van der Waals surface area contributed by atoms with Crippen LogP contribution < -0.4 is 11.1 Å². The standard InChI is InChI=1S/C11H14BrN3OS/c1-2-9(4-10(13)17)15-11(16)7-3-8(12)6-14-5-7/h3,5-6,9H,2,4H2,1H3,(H2,13,17)(H,15,16). The average molecular weight is 316 g/mol. The van der Waals surface area contributed by atoms with Gasteiger partial charge in [0.25, 0.3) is 5.91 Å².